The van der Waals surface area contributed by atoms with Gasteiger partial charge in [-0.25, -0.2) is 5.43 Å². The van der Waals surface area contributed by atoms with E-state index in [2.05, 4.69) is 15.8 Å². The number of hydrazone groups is 1. The van der Waals surface area contributed by atoms with Gasteiger partial charge in [-0.15, -0.1) is 0 Å². The van der Waals surface area contributed by atoms with E-state index in [1.165, 1.54) is 6.21 Å². The number of carbonyl (C=O) groups is 2. The minimum atomic E-state index is -0.367. The van der Waals surface area contributed by atoms with Crippen molar-refractivity contribution in [1.29, 1.82) is 0 Å². The number of methoxy groups -OCH3 is 2. The number of hydrogen-bond acceptors (Lipinski definition) is 5. The molecule has 0 aliphatic carbocycles. The molecule has 3 aromatic carbocycles. The van der Waals surface area contributed by atoms with E-state index in [4.69, 9.17) is 9.47 Å². The van der Waals surface area contributed by atoms with Crippen molar-refractivity contribution in [2.45, 2.75) is 6.92 Å². The third kappa shape index (κ3) is 5.48. The molecule has 3 aromatic rings. The van der Waals surface area contributed by atoms with Gasteiger partial charge in [0.25, 0.3) is 11.8 Å². The van der Waals surface area contributed by atoms with E-state index >= 15 is 0 Å². The van der Waals surface area contributed by atoms with Crippen LogP contribution in [-0.4, -0.2) is 32.2 Å². The first kappa shape index (κ1) is 21.6. The number of rotatable bonds is 7. The minimum absolute atomic E-state index is 0.199. The molecule has 0 fully saturated rings. The third-order valence-electron chi connectivity index (χ3n) is 4.58. The number of nitrogens with zero attached hydrogens (tertiary/aromatic N) is 1. The molecule has 7 heteroatoms. The Morgan fingerprint density at radius 3 is 2.26 bits per heavy atom. The minimum Gasteiger partial charge on any atom is -0.493 e. The zero-order valence-corrected chi connectivity index (χ0v) is 17.5. The topological polar surface area (TPSA) is 89.0 Å². The molecule has 0 aromatic heterocycles. The highest BCUT2D eigenvalue weighted by molar-refractivity contribution is 6.05. The van der Waals surface area contributed by atoms with Gasteiger partial charge in [0, 0.05) is 16.8 Å². The van der Waals surface area contributed by atoms with Crippen molar-refractivity contribution in [3.63, 3.8) is 0 Å². The van der Waals surface area contributed by atoms with Gasteiger partial charge in [-0.3, -0.25) is 9.59 Å². The Morgan fingerprint density at radius 1 is 0.871 bits per heavy atom. The molecule has 0 unspecified atom stereocenters. The molecule has 0 heterocycles. The van der Waals surface area contributed by atoms with Gasteiger partial charge in [-0.05, 0) is 66.6 Å². The Kier molecular flexibility index (Phi) is 7.01. The smallest absolute Gasteiger partial charge is 0.271 e. The molecule has 0 bridgehead atoms. The van der Waals surface area contributed by atoms with Crippen molar-refractivity contribution >= 4 is 23.7 Å². The van der Waals surface area contributed by atoms with E-state index in [1.54, 1.807) is 62.8 Å². The van der Waals surface area contributed by atoms with Crippen molar-refractivity contribution in [1.82, 2.24) is 5.43 Å². The molecule has 31 heavy (non-hydrogen) atoms. The van der Waals surface area contributed by atoms with Crippen LogP contribution in [-0.2, 0) is 0 Å². The van der Waals surface area contributed by atoms with Crippen LogP contribution < -0.4 is 20.2 Å². The molecule has 0 aliphatic rings. The third-order valence-corrected chi connectivity index (χ3v) is 4.58. The normalized spacial score (nSPS) is 10.5. The van der Waals surface area contributed by atoms with E-state index in [0.29, 0.717) is 28.3 Å². The van der Waals surface area contributed by atoms with E-state index in [9.17, 15) is 9.59 Å². The Balaban J connectivity index is 1.60. The first-order chi connectivity index (χ1) is 15.0. The number of hydrogen-bond donors (Lipinski definition) is 2. The standard InChI is InChI=1S/C24H23N3O4/c1-16-6-4-5-7-20(16)24(29)26-19-11-9-18(10-12-19)23(28)27-25-15-17-8-13-21(30-2)22(14-17)31-3/h4-15H,1-3H3,(H,26,29)(H,27,28)/b25-15+. The highest BCUT2D eigenvalue weighted by Crippen LogP contribution is 2.26. The van der Waals surface area contributed by atoms with Gasteiger partial charge in [-0.1, -0.05) is 18.2 Å². The number of anilines is 1. The monoisotopic (exact) mass is 417 g/mol. The second-order valence-electron chi connectivity index (χ2n) is 6.66. The van der Waals surface area contributed by atoms with Gasteiger partial charge < -0.3 is 14.8 Å². The molecule has 2 amide bonds. The SMILES string of the molecule is COc1ccc(/C=N/NC(=O)c2ccc(NC(=O)c3ccccc3C)cc2)cc1OC. The van der Waals surface area contributed by atoms with Crippen LogP contribution in [0.4, 0.5) is 5.69 Å². The molecule has 0 saturated heterocycles. The molecule has 158 valence electrons. The van der Waals surface area contributed by atoms with Gasteiger partial charge in [0.1, 0.15) is 0 Å². The molecule has 2 N–H and O–H groups in total. The molecule has 0 saturated carbocycles. The van der Waals surface area contributed by atoms with Crippen LogP contribution in [0.1, 0.15) is 31.8 Å². The van der Waals surface area contributed by atoms with Crippen LogP contribution in [0.5, 0.6) is 11.5 Å². The summed E-state index contributed by atoms with van der Waals surface area (Å²) >= 11 is 0. The largest absolute Gasteiger partial charge is 0.493 e. The number of aryl methyl sites for hydroxylation is 1. The Bertz CT molecular complexity index is 1110. The van der Waals surface area contributed by atoms with Crippen LogP contribution in [0.15, 0.2) is 71.8 Å². The van der Waals surface area contributed by atoms with Crippen LogP contribution in [0, 0.1) is 6.92 Å². The molecule has 0 aliphatic heterocycles. The maximum Gasteiger partial charge on any atom is 0.271 e. The predicted molar refractivity (Wildman–Crippen MR) is 120 cm³/mol. The lowest BCUT2D eigenvalue weighted by atomic mass is 10.1. The number of benzene rings is 3. The number of ether oxygens (including phenoxy) is 2. The number of nitrogens with one attached hydrogen (secondary N) is 2. The maximum absolute atomic E-state index is 12.4. The van der Waals surface area contributed by atoms with Gasteiger partial charge in [0.05, 0.1) is 20.4 Å². The first-order valence-corrected chi connectivity index (χ1v) is 9.54. The van der Waals surface area contributed by atoms with Crippen molar-refractivity contribution in [2.24, 2.45) is 5.10 Å². The highest BCUT2D eigenvalue weighted by Gasteiger charge is 2.10. The number of amides is 2. The van der Waals surface area contributed by atoms with Gasteiger partial charge in [0.2, 0.25) is 0 Å². The van der Waals surface area contributed by atoms with E-state index in [0.717, 1.165) is 11.1 Å². The summed E-state index contributed by atoms with van der Waals surface area (Å²) in [7, 11) is 3.11. The van der Waals surface area contributed by atoms with Crippen LogP contribution >= 0.6 is 0 Å². The lowest BCUT2D eigenvalue weighted by molar-refractivity contribution is 0.0954. The van der Waals surface area contributed by atoms with Crippen molar-refractivity contribution < 1.29 is 19.1 Å². The van der Waals surface area contributed by atoms with Crippen LogP contribution in [0.3, 0.4) is 0 Å². The molecule has 0 atom stereocenters. The Labute approximate surface area is 180 Å². The fraction of sp³-hybridized carbons (Fsp3) is 0.125. The lowest BCUT2D eigenvalue weighted by Gasteiger charge is -2.08. The summed E-state index contributed by atoms with van der Waals surface area (Å²) in [4.78, 5) is 24.7. The van der Waals surface area contributed by atoms with Gasteiger partial charge >= 0.3 is 0 Å². The van der Waals surface area contributed by atoms with Crippen LogP contribution in [0.2, 0.25) is 0 Å². The van der Waals surface area contributed by atoms with Gasteiger partial charge in [0.15, 0.2) is 11.5 Å². The molecule has 7 nitrogen and oxygen atoms in total. The molecular formula is C24H23N3O4. The highest BCUT2D eigenvalue weighted by atomic mass is 16.5. The predicted octanol–water partition coefficient (Wildman–Crippen LogP) is 4.03. The van der Waals surface area contributed by atoms with Gasteiger partial charge in [-0.2, -0.15) is 5.10 Å². The first-order valence-electron chi connectivity index (χ1n) is 9.54. The van der Waals surface area contributed by atoms with Crippen molar-refractivity contribution in [3.05, 3.63) is 89.0 Å². The molecule has 0 spiro atoms. The van der Waals surface area contributed by atoms with Crippen molar-refractivity contribution in [2.75, 3.05) is 19.5 Å². The van der Waals surface area contributed by atoms with Crippen molar-refractivity contribution in [3.8, 4) is 11.5 Å². The quantitative estimate of drug-likeness (QED) is 0.449. The molecular weight excluding hydrogens is 394 g/mol. The van der Waals surface area contributed by atoms with E-state index in [-0.39, 0.29) is 11.8 Å². The fourth-order valence-corrected chi connectivity index (χ4v) is 2.89. The zero-order valence-electron chi connectivity index (χ0n) is 17.5. The zero-order chi connectivity index (χ0) is 22.2. The molecule has 0 radical (unpaired) electrons. The maximum atomic E-state index is 12.4. The summed E-state index contributed by atoms with van der Waals surface area (Å²) < 4.78 is 10.4. The van der Waals surface area contributed by atoms with Crippen LogP contribution in [0.25, 0.3) is 0 Å². The molecule has 3 rings (SSSR count). The summed E-state index contributed by atoms with van der Waals surface area (Å²) in [6.07, 6.45) is 1.51. The lowest BCUT2D eigenvalue weighted by Crippen LogP contribution is -2.18. The second-order valence-corrected chi connectivity index (χ2v) is 6.66. The van der Waals surface area contributed by atoms with E-state index in [1.807, 2.05) is 25.1 Å². The summed E-state index contributed by atoms with van der Waals surface area (Å²) in [5.41, 5.74) is 5.73. The summed E-state index contributed by atoms with van der Waals surface area (Å²) in [6.45, 7) is 1.88. The fourth-order valence-electron chi connectivity index (χ4n) is 2.89. The summed E-state index contributed by atoms with van der Waals surface area (Å²) in [5.74, 6) is 0.614. The summed E-state index contributed by atoms with van der Waals surface area (Å²) in [5, 5.41) is 6.81. The Morgan fingerprint density at radius 2 is 1.58 bits per heavy atom. The number of carbonyl (C=O) groups excluding carboxylic acids is 2. The average molecular weight is 417 g/mol. The Hall–Kier alpha value is -4.13. The second kappa shape index (κ2) is 10.1. The average Bonchev–Trinajstić information content (AvgIpc) is 2.79. The van der Waals surface area contributed by atoms with E-state index < -0.39 is 0 Å². The summed E-state index contributed by atoms with van der Waals surface area (Å²) in [6, 6.07) is 19.2.